The van der Waals surface area contributed by atoms with E-state index < -0.39 is 5.60 Å². The molecule has 0 amide bonds. The Morgan fingerprint density at radius 3 is 2.55 bits per heavy atom. The summed E-state index contributed by atoms with van der Waals surface area (Å²) < 4.78 is 0. The molecule has 0 radical (unpaired) electrons. The van der Waals surface area contributed by atoms with E-state index in [9.17, 15) is 5.11 Å². The van der Waals surface area contributed by atoms with Crippen LogP contribution in [0, 0.1) is 0 Å². The third-order valence-electron chi connectivity index (χ3n) is 4.43. The number of fused-ring (bicyclic) bond motifs is 1. The summed E-state index contributed by atoms with van der Waals surface area (Å²) in [7, 11) is 0. The second-order valence-corrected chi connectivity index (χ2v) is 6.03. The van der Waals surface area contributed by atoms with Crippen molar-refractivity contribution < 1.29 is 5.11 Å². The van der Waals surface area contributed by atoms with Gasteiger partial charge in [-0.05, 0) is 29.2 Å². The molecule has 0 unspecified atom stereocenters. The fourth-order valence-corrected chi connectivity index (χ4v) is 3.26. The molecule has 0 bridgehead atoms. The second kappa shape index (κ2) is 5.94. The zero-order valence-electron chi connectivity index (χ0n) is 11.9. The van der Waals surface area contributed by atoms with E-state index in [1.165, 1.54) is 22.8 Å². The van der Waals surface area contributed by atoms with E-state index >= 15 is 0 Å². The summed E-state index contributed by atoms with van der Waals surface area (Å²) in [6.45, 7) is 1.53. The third-order valence-corrected chi connectivity index (χ3v) is 4.43. The van der Waals surface area contributed by atoms with Crippen LogP contribution in [0.1, 0.15) is 37.7 Å². The van der Waals surface area contributed by atoms with Crippen molar-refractivity contribution in [2.75, 3.05) is 6.54 Å². The normalized spacial score (nSPS) is 18.2. The van der Waals surface area contributed by atoms with Gasteiger partial charge in [0.05, 0.1) is 5.60 Å². The summed E-state index contributed by atoms with van der Waals surface area (Å²) in [5.41, 5.74) is 0.825. The van der Waals surface area contributed by atoms with Crippen molar-refractivity contribution in [2.45, 2.75) is 44.2 Å². The molecule has 0 spiro atoms. The monoisotopic (exact) mass is 269 g/mol. The molecule has 2 N–H and O–H groups in total. The highest BCUT2D eigenvalue weighted by Crippen LogP contribution is 2.27. The molecule has 1 aliphatic rings. The predicted octanol–water partition coefficient (Wildman–Crippen LogP) is 3.62. The summed E-state index contributed by atoms with van der Waals surface area (Å²) >= 11 is 0. The first-order valence-electron chi connectivity index (χ1n) is 7.67. The van der Waals surface area contributed by atoms with Crippen molar-refractivity contribution in [3.63, 3.8) is 0 Å². The summed E-state index contributed by atoms with van der Waals surface area (Å²) in [5, 5.41) is 16.5. The van der Waals surface area contributed by atoms with Gasteiger partial charge < -0.3 is 10.4 Å². The lowest BCUT2D eigenvalue weighted by Crippen LogP contribution is -2.41. The number of nitrogens with one attached hydrogen (secondary N) is 1. The van der Waals surface area contributed by atoms with Crippen molar-refractivity contribution in [2.24, 2.45) is 0 Å². The third kappa shape index (κ3) is 3.02. The largest absolute Gasteiger partial charge is 0.389 e. The first-order valence-corrected chi connectivity index (χ1v) is 7.67. The van der Waals surface area contributed by atoms with Gasteiger partial charge in [0, 0.05) is 13.1 Å². The fourth-order valence-electron chi connectivity index (χ4n) is 3.26. The number of hydrogen-bond acceptors (Lipinski definition) is 2. The van der Waals surface area contributed by atoms with Gasteiger partial charge in [0.2, 0.25) is 0 Å². The highest BCUT2D eigenvalue weighted by Gasteiger charge is 2.28. The second-order valence-electron chi connectivity index (χ2n) is 6.03. The van der Waals surface area contributed by atoms with Gasteiger partial charge in [-0.1, -0.05) is 61.7 Å². The molecular weight excluding hydrogens is 246 g/mol. The highest BCUT2D eigenvalue weighted by atomic mass is 16.3. The van der Waals surface area contributed by atoms with Gasteiger partial charge in [-0.3, -0.25) is 0 Å². The van der Waals surface area contributed by atoms with Crippen molar-refractivity contribution >= 4 is 10.8 Å². The molecular formula is C18H23NO. The molecule has 2 nitrogen and oxygen atoms in total. The summed E-state index contributed by atoms with van der Waals surface area (Å²) in [5.74, 6) is 0. The molecule has 0 atom stereocenters. The van der Waals surface area contributed by atoms with E-state index in [2.05, 4.69) is 47.8 Å². The first kappa shape index (κ1) is 13.6. The molecule has 106 valence electrons. The Balaban J connectivity index is 1.65. The van der Waals surface area contributed by atoms with E-state index in [0.29, 0.717) is 6.54 Å². The van der Waals surface area contributed by atoms with Gasteiger partial charge in [-0.15, -0.1) is 0 Å². The fraction of sp³-hybridized carbons (Fsp3) is 0.444. The number of hydrogen-bond donors (Lipinski definition) is 2. The Morgan fingerprint density at radius 2 is 1.70 bits per heavy atom. The Hall–Kier alpha value is -1.38. The molecule has 1 fully saturated rings. The lowest BCUT2D eigenvalue weighted by Gasteiger charge is -2.32. The minimum Gasteiger partial charge on any atom is -0.389 e. The van der Waals surface area contributed by atoms with E-state index in [-0.39, 0.29) is 0 Å². The van der Waals surface area contributed by atoms with E-state index in [1.54, 1.807) is 0 Å². The molecule has 2 aromatic rings. The van der Waals surface area contributed by atoms with Crippen molar-refractivity contribution in [1.82, 2.24) is 5.32 Å². The van der Waals surface area contributed by atoms with Crippen LogP contribution in [0.2, 0.25) is 0 Å². The van der Waals surface area contributed by atoms with Crippen LogP contribution in [0.5, 0.6) is 0 Å². The van der Waals surface area contributed by atoms with Crippen molar-refractivity contribution in [3.8, 4) is 0 Å². The van der Waals surface area contributed by atoms with Crippen LogP contribution in [0.3, 0.4) is 0 Å². The quantitative estimate of drug-likeness (QED) is 0.888. The van der Waals surface area contributed by atoms with Crippen LogP contribution in [-0.4, -0.2) is 17.3 Å². The van der Waals surface area contributed by atoms with Crippen LogP contribution in [-0.2, 0) is 6.54 Å². The molecule has 0 heterocycles. The van der Waals surface area contributed by atoms with Gasteiger partial charge in [-0.2, -0.15) is 0 Å². The Bertz CT molecular complexity index is 567. The predicted molar refractivity (Wildman–Crippen MR) is 83.7 cm³/mol. The molecule has 2 heteroatoms. The van der Waals surface area contributed by atoms with Gasteiger partial charge in [0.25, 0.3) is 0 Å². The van der Waals surface area contributed by atoms with Crippen LogP contribution in [0.25, 0.3) is 10.8 Å². The van der Waals surface area contributed by atoms with E-state index in [0.717, 1.165) is 32.2 Å². The number of aliphatic hydroxyl groups is 1. The average Bonchev–Trinajstić information content (AvgIpc) is 2.48. The lowest BCUT2D eigenvalue weighted by atomic mass is 9.85. The summed E-state index contributed by atoms with van der Waals surface area (Å²) in [6.07, 6.45) is 5.47. The molecule has 0 aromatic heterocycles. The van der Waals surface area contributed by atoms with Gasteiger partial charge >= 0.3 is 0 Å². The maximum atomic E-state index is 10.5. The standard InChI is InChI=1S/C18H23NO/c20-18(11-4-1-5-12-18)14-19-13-16-9-6-8-15-7-2-3-10-17(15)16/h2-3,6-10,19-20H,1,4-5,11-14H2. The maximum absolute atomic E-state index is 10.5. The molecule has 0 aliphatic heterocycles. The van der Waals surface area contributed by atoms with E-state index in [1.807, 2.05) is 0 Å². The zero-order valence-corrected chi connectivity index (χ0v) is 11.9. The SMILES string of the molecule is OC1(CNCc2cccc3ccccc23)CCCCC1. The van der Waals surface area contributed by atoms with Crippen molar-refractivity contribution in [1.29, 1.82) is 0 Å². The molecule has 20 heavy (non-hydrogen) atoms. The van der Waals surface area contributed by atoms with Crippen LogP contribution in [0.4, 0.5) is 0 Å². The highest BCUT2D eigenvalue weighted by molar-refractivity contribution is 5.85. The minimum atomic E-state index is -0.483. The maximum Gasteiger partial charge on any atom is 0.0771 e. The van der Waals surface area contributed by atoms with Crippen LogP contribution < -0.4 is 5.32 Å². The molecule has 1 aliphatic carbocycles. The molecule has 3 rings (SSSR count). The minimum absolute atomic E-state index is 0.483. The zero-order chi connectivity index (χ0) is 13.8. The Morgan fingerprint density at radius 1 is 0.950 bits per heavy atom. The van der Waals surface area contributed by atoms with Crippen LogP contribution in [0.15, 0.2) is 42.5 Å². The number of benzene rings is 2. The van der Waals surface area contributed by atoms with Crippen LogP contribution >= 0.6 is 0 Å². The topological polar surface area (TPSA) is 32.3 Å². The lowest BCUT2D eigenvalue weighted by molar-refractivity contribution is 0.00469. The average molecular weight is 269 g/mol. The van der Waals surface area contributed by atoms with E-state index in [4.69, 9.17) is 0 Å². The van der Waals surface area contributed by atoms with Gasteiger partial charge in [0.1, 0.15) is 0 Å². The molecule has 1 saturated carbocycles. The van der Waals surface area contributed by atoms with Gasteiger partial charge in [0.15, 0.2) is 0 Å². The summed E-state index contributed by atoms with van der Waals surface area (Å²) in [6, 6.07) is 14.9. The number of rotatable bonds is 4. The Labute approximate surface area is 120 Å². The smallest absolute Gasteiger partial charge is 0.0771 e. The molecule has 2 aromatic carbocycles. The Kier molecular flexibility index (Phi) is 4.04. The van der Waals surface area contributed by atoms with Crippen molar-refractivity contribution in [3.05, 3.63) is 48.0 Å². The summed E-state index contributed by atoms with van der Waals surface area (Å²) in [4.78, 5) is 0. The van der Waals surface area contributed by atoms with Gasteiger partial charge in [-0.25, -0.2) is 0 Å². The first-order chi connectivity index (χ1) is 9.77. The molecule has 0 saturated heterocycles.